The van der Waals surface area contributed by atoms with Crippen LogP contribution >= 0.6 is 0 Å². The van der Waals surface area contributed by atoms with Crippen molar-refractivity contribution in [2.75, 3.05) is 6.54 Å². The van der Waals surface area contributed by atoms with Crippen LogP contribution in [0.1, 0.15) is 12.8 Å². The fourth-order valence-corrected chi connectivity index (χ4v) is 1.59. The molecular formula is C6H13N3O5S. The zero-order valence-electron chi connectivity index (χ0n) is 7.84. The van der Waals surface area contributed by atoms with Crippen LogP contribution in [0.2, 0.25) is 0 Å². The second kappa shape index (κ2) is 4.86. The Hall–Kier alpha value is -0.740. The molecule has 0 aromatic heterocycles. The molecule has 0 bridgehead atoms. The van der Waals surface area contributed by atoms with Gasteiger partial charge in [0.2, 0.25) is 5.91 Å². The third-order valence-corrected chi connectivity index (χ3v) is 2.38. The Morgan fingerprint density at radius 3 is 2.60 bits per heavy atom. The van der Waals surface area contributed by atoms with Crippen molar-refractivity contribution in [1.82, 2.24) is 10.8 Å². The van der Waals surface area contributed by atoms with Crippen LogP contribution in [0.25, 0.3) is 0 Å². The first-order chi connectivity index (χ1) is 6.88. The van der Waals surface area contributed by atoms with Crippen LogP contribution in [0.3, 0.4) is 0 Å². The van der Waals surface area contributed by atoms with E-state index in [0.717, 1.165) is 0 Å². The second-order valence-corrected chi connectivity index (χ2v) is 4.29. The predicted molar refractivity (Wildman–Crippen MR) is 49.8 cm³/mol. The molecule has 5 N–H and O–H groups in total. The predicted octanol–water partition coefficient (Wildman–Crippen LogP) is -2.08. The molecule has 1 aliphatic rings. The Morgan fingerprint density at radius 1 is 1.53 bits per heavy atom. The van der Waals surface area contributed by atoms with Gasteiger partial charge in [0.1, 0.15) is 0 Å². The van der Waals surface area contributed by atoms with E-state index in [-0.39, 0.29) is 6.04 Å². The lowest BCUT2D eigenvalue weighted by Gasteiger charge is -2.27. The summed E-state index contributed by atoms with van der Waals surface area (Å²) < 4.78 is 32.7. The van der Waals surface area contributed by atoms with Gasteiger partial charge in [-0.25, -0.2) is 0 Å². The van der Waals surface area contributed by atoms with E-state index >= 15 is 0 Å². The summed E-state index contributed by atoms with van der Waals surface area (Å²) >= 11 is 0. The van der Waals surface area contributed by atoms with Crippen LogP contribution in [0.15, 0.2) is 0 Å². The van der Waals surface area contributed by atoms with E-state index in [1.807, 2.05) is 0 Å². The van der Waals surface area contributed by atoms with Crippen molar-refractivity contribution >= 4 is 16.3 Å². The summed E-state index contributed by atoms with van der Waals surface area (Å²) in [4.78, 5) is 10.8. The van der Waals surface area contributed by atoms with Gasteiger partial charge in [-0.05, 0) is 12.8 Å². The second-order valence-electron chi connectivity index (χ2n) is 3.27. The highest BCUT2D eigenvalue weighted by Crippen LogP contribution is 2.07. The molecule has 9 heteroatoms. The summed E-state index contributed by atoms with van der Waals surface area (Å²) in [5.41, 5.74) is 7.24. The lowest BCUT2D eigenvalue weighted by Crippen LogP contribution is -2.52. The standard InChI is InChI=1S/C6H13N3O5S/c7-6(10)5-2-1-4(3-8-5)9-14-15(11,12)13/h4-5,8-9H,1-3H2,(H2,7,10)(H,11,12,13)/t4-,5+/m0/s1. The fraction of sp³-hybridized carbons (Fsp3) is 0.833. The summed E-state index contributed by atoms with van der Waals surface area (Å²) in [5, 5.41) is 2.81. The molecule has 0 aromatic carbocycles. The number of carbonyl (C=O) groups is 1. The fourth-order valence-electron chi connectivity index (χ4n) is 1.33. The molecule has 2 atom stereocenters. The molecule has 0 aliphatic carbocycles. The Bertz CT molecular complexity index is 322. The first-order valence-corrected chi connectivity index (χ1v) is 5.69. The molecule has 1 fully saturated rings. The smallest absolute Gasteiger partial charge is 0.368 e. The Balaban J connectivity index is 2.29. The van der Waals surface area contributed by atoms with Gasteiger partial charge in [-0.15, -0.1) is 0 Å². The highest BCUT2D eigenvalue weighted by atomic mass is 32.3. The highest BCUT2D eigenvalue weighted by Gasteiger charge is 2.24. The van der Waals surface area contributed by atoms with Crippen LogP contribution in [0, 0.1) is 0 Å². The van der Waals surface area contributed by atoms with Gasteiger partial charge in [0.15, 0.2) is 0 Å². The van der Waals surface area contributed by atoms with Gasteiger partial charge in [0, 0.05) is 12.6 Å². The van der Waals surface area contributed by atoms with Crippen molar-refractivity contribution in [1.29, 1.82) is 0 Å². The molecule has 0 radical (unpaired) electrons. The molecule has 0 unspecified atom stereocenters. The Morgan fingerprint density at radius 2 is 2.20 bits per heavy atom. The van der Waals surface area contributed by atoms with Gasteiger partial charge in [0.25, 0.3) is 0 Å². The molecule has 1 aliphatic heterocycles. The normalized spacial score (nSPS) is 27.5. The minimum atomic E-state index is -4.48. The Labute approximate surface area is 87.1 Å². The molecule has 0 aromatic rings. The van der Waals surface area contributed by atoms with E-state index < -0.39 is 22.3 Å². The number of nitrogens with one attached hydrogen (secondary N) is 2. The van der Waals surface area contributed by atoms with Crippen molar-refractivity contribution in [3.8, 4) is 0 Å². The maximum atomic E-state index is 10.8. The molecule has 1 saturated heterocycles. The monoisotopic (exact) mass is 239 g/mol. The van der Waals surface area contributed by atoms with Crippen LogP contribution in [-0.2, 0) is 19.5 Å². The van der Waals surface area contributed by atoms with E-state index in [0.29, 0.717) is 19.4 Å². The van der Waals surface area contributed by atoms with Gasteiger partial charge in [-0.3, -0.25) is 9.35 Å². The molecule has 88 valence electrons. The number of rotatable bonds is 4. The van der Waals surface area contributed by atoms with Crippen molar-refractivity contribution in [3.05, 3.63) is 0 Å². The lowest BCUT2D eigenvalue weighted by molar-refractivity contribution is -0.120. The lowest BCUT2D eigenvalue weighted by atomic mass is 10.0. The van der Waals surface area contributed by atoms with E-state index in [4.69, 9.17) is 10.3 Å². The summed E-state index contributed by atoms with van der Waals surface area (Å²) in [7, 11) is -4.48. The largest absolute Gasteiger partial charge is 0.413 e. The van der Waals surface area contributed by atoms with Crippen LogP contribution in [-0.4, -0.2) is 37.5 Å². The number of hydrogen-bond donors (Lipinski definition) is 4. The summed E-state index contributed by atoms with van der Waals surface area (Å²) in [6, 6.07) is -0.684. The minimum absolute atomic E-state index is 0.289. The zero-order valence-corrected chi connectivity index (χ0v) is 8.66. The third-order valence-electron chi connectivity index (χ3n) is 2.08. The molecule has 8 nitrogen and oxygen atoms in total. The van der Waals surface area contributed by atoms with Gasteiger partial charge in [0.05, 0.1) is 6.04 Å². The van der Waals surface area contributed by atoms with Crippen molar-refractivity contribution in [2.45, 2.75) is 24.9 Å². The number of piperidine rings is 1. The molecule has 1 rings (SSSR count). The number of hydrogen-bond acceptors (Lipinski definition) is 6. The Kier molecular flexibility index (Phi) is 3.99. The third kappa shape index (κ3) is 4.53. The first kappa shape index (κ1) is 12.3. The molecular weight excluding hydrogens is 226 g/mol. The number of primary amides is 1. The number of hydroxylamine groups is 1. The van der Waals surface area contributed by atoms with E-state index in [1.54, 1.807) is 0 Å². The average molecular weight is 239 g/mol. The molecule has 1 heterocycles. The molecule has 0 spiro atoms. The van der Waals surface area contributed by atoms with E-state index in [9.17, 15) is 13.2 Å². The van der Waals surface area contributed by atoms with Crippen molar-refractivity contribution < 1.29 is 22.0 Å². The van der Waals surface area contributed by atoms with Crippen molar-refractivity contribution in [3.63, 3.8) is 0 Å². The van der Waals surface area contributed by atoms with Gasteiger partial charge < -0.3 is 11.1 Å². The topological polar surface area (TPSA) is 131 Å². The number of amides is 1. The van der Waals surface area contributed by atoms with Crippen LogP contribution in [0.5, 0.6) is 0 Å². The SMILES string of the molecule is NC(=O)[C@H]1CC[C@H](NOS(=O)(=O)O)CN1. The van der Waals surface area contributed by atoms with Gasteiger partial charge in [-0.2, -0.15) is 18.2 Å². The van der Waals surface area contributed by atoms with Crippen LogP contribution < -0.4 is 16.5 Å². The molecule has 0 saturated carbocycles. The quantitative estimate of drug-likeness (QED) is 0.327. The number of nitrogens with two attached hydrogens (primary N) is 1. The highest BCUT2D eigenvalue weighted by molar-refractivity contribution is 7.80. The minimum Gasteiger partial charge on any atom is -0.368 e. The molecule has 15 heavy (non-hydrogen) atoms. The first-order valence-electron chi connectivity index (χ1n) is 4.32. The summed E-state index contributed by atoms with van der Waals surface area (Å²) in [6.07, 6.45) is 1.01. The maximum Gasteiger partial charge on any atom is 0.413 e. The summed E-state index contributed by atoms with van der Waals surface area (Å²) in [6.45, 7) is 0.336. The maximum absolute atomic E-state index is 10.8. The van der Waals surface area contributed by atoms with Gasteiger partial charge >= 0.3 is 10.4 Å². The van der Waals surface area contributed by atoms with Gasteiger partial charge in [-0.1, -0.05) is 0 Å². The van der Waals surface area contributed by atoms with Crippen molar-refractivity contribution in [2.24, 2.45) is 5.73 Å². The van der Waals surface area contributed by atoms with Crippen LogP contribution in [0.4, 0.5) is 0 Å². The summed E-state index contributed by atoms with van der Waals surface area (Å²) in [5.74, 6) is -0.441. The van der Waals surface area contributed by atoms with E-state index in [1.165, 1.54) is 0 Å². The average Bonchev–Trinajstić information content (AvgIpc) is 2.14. The van der Waals surface area contributed by atoms with E-state index in [2.05, 4.69) is 15.1 Å². The zero-order chi connectivity index (χ0) is 11.5. The number of carbonyl (C=O) groups excluding carboxylic acids is 1. The molecule has 1 amide bonds.